The fourth-order valence-electron chi connectivity index (χ4n) is 0.955. The van der Waals surface area contributed by atoms with Gasteiger partial charge in [0.1, 0.15) is 0 Å². The van der Waals surface area contributed by atoms with Gasteiger partial charge in [-0.2, -0.15) is 0 Å². The largest absolute Gasteiger partial charge is 0.464 e. The smallest absolute Gasteiger partial charge is 0.344 e. The van der Waals surface area contributed by atoms with E-state index in [-0.39, 0.29) is 6.61 Å². The number of ether oxygens (including phenoxy) is 1. The van der Waals surface area contributed by atoms with Crippen LogP contribution in [0.5, 0.6) is 0 Å². The molecule has 0 rings (SSSR count). The van der Waals surface area contributed by atoms with Crippen LogP contribution >= 0.6 is 0 Å². The maximum absolute atomic E-state index is 12.4. The second-order valence-corrected chi connectivity index (χ2v) is 3.08. The molecule has 0 heterocycles. The Kier molecular flexibility index (Phi) is 4.70. The van der Waals surface area contributed by atoms with Gasteiger partial charge in [0, 0.05) is 6.42 Å². The molecule has 0 saturated carbocycles. The Morgan fingerprint density at radius 3 is 2.43 bits per heavy atom. The van der Waals surface area contributed by atoms with Crippen LogP contribution < -0.4 is 0 Å². The van der Waals surface area contributed by atoms with Gasteiger partial charge < -0.3 is 9.84 Å². The van der Waals surface area contributed by atoms with Crippen LogP contribution in [0.2, 0.25) is 0 Å². The van der Waals surface area contributed by atoms with Gasteiger partial charge in [-0.25, -0.2) is 13.6 Å². The predicted molar refractivity (Wildman–Crippen MR) is 47.0 cm³/mol. The zero-order chi connectivity index (χ0) is 11.4. The van der Waals surface area contributed by atoms with Crippen molar-refractivity contribution in [1.29, 1.82) is 0 Å². The van der Waals surface area contributed by atoms with Gasteiger partial charge in [-0.1, -0.05) is 5.57 Å². The van der Waals surface area contributed by atoms with Crippen molar-refractivity contribution in [3.63, 3.8) is 0 Å². The SMILES string of the molecule is C=C(C)C[C@@](O)(C(=O)OCC)C(F)F. The minimum atomic E-state index is -3.18. The Hall–Kier alpha value is -0.970. The normalized spacial score (nSPS) is 15.0. The van der Waals surface area contributed by atoms with Crippen LogP contribution in [0.4, 0.5) is 8.78 Å². The number of hydrogen-bond acceptors (Lipinski definition) is 3. The van der Waals surface area contributed by atoms with Crippen LogP contribution in [0, 0.1) is 0 Å². The monoisotopic (exact) mass is 208 g/mol. The van der Waals surface area contributed by atoms with E-state index in [2.05, 4.69) is 11.3 Å². The number of carbonyl (C=O) groups is 1. The first-order valence-corrected chi connectivity index (χ1v) is 4.16. The number of rotatable bonds is 5. The molecule has 0 aromatic heterocycles. The van der Waals surface area contributed by atoms with E-state index in [1.54, 1.807) is 0 Å². The van der Waals surface area contributed by atoms with Crippen LogP contribution in [0.15, 0.2) is 12.2 Å². The van der Waals surface area contributed by atoms with E-state index in [0.29, 0.717) is 5.57 Å². The number of carbonyl (C=O) groups excluding carboxylic acids is 1. The molecule has 0 aromatic rings. The number of hydrogen-bond donors (Lipinski definition) is 1. The van der Waals surface area contributed by atoms with Gasteiger partial charge in [0.05, 0.1) is 6.61 Å². The van der Waals surface area contributed by atoms with Gasteiger partial charge in [-0.05, 0) is 13.8 Å². The Morgan fingerprint density at radius 2 is 2.14 bits per heavy atom. The Labute approximate surface area is 81.4 Å². The van der Waals surface area contributed by atoms with Gasteiger partial charge in [0.25, 0.3) is 6.43 Å². The maximum Gasteiger partial charge on any atom is 0.344 e. The molecule has 0 aliphatic rings. The molecule has 0 aliphatic carbocycles. The third-order valence-corrected chi connectivity index (χ3v) is 1.56. The summed E-state index contributed by atoms with van der Waals surface area (Å²) < 4.78 is 29.2. The highest BCUT2D eigenvalue weighted by molar-refractivity contribution is 5.80. The fourth-order valence-corrected chi connectivity index (χ4v) is 0.955. The summed E-state index contributed by atoms with van der Waals surface area (Å²) in [6.45, 7) is 6.24. The molecule has 14 heavy (non-hydrogen) atoms. The molecule has 0 unspecified atom stereocenters. The molecular weight excluding hydrogens is 194 g/mol. The summed E-state index contributed by atoms with van der Waals surface area (Å²) in [5.41, 5.74) is -2.47. The average molecular weight is 208 g/mol. The van der Waals surface area contributed by atoms with Crippen molar-refractivity contribution in [3.05, 3.63) is 12.2 Å². The molecule has 0 aliphatic heterocycles. The number of aliphatic hydroxyl groups is 1. The third kappa shape index (κ3) is 3.06. The van der Waals surface area contributed by atoms with E-state index in [9.17, 15) is 18.7 Å². The van der Waals surface area contributed by atoms with E-state index in [0.717, 1.165) is 0 Å². The molecule has 0 spiro atoms. The average Bonchev–Trinajstić information content (AvgIpc) is 2.02. The molecule has 0 amide bonds. The first-order chi connectivity index (χ1) is 6.34. The summed E-state index contributed by atoms with van der Waals surface area (Å²) in [6, 6.07) is 0. The molecule has 0 fully saturated rings. The summed E-state index contributed by atoms with van der Waals surface area (Å²) in [5.74, 6) is -1.31. The molecule has 0 radical (unpaired) electrons. The zero-order valence-corrected chi connectivity index (χ0v) is 8.22. The molecule has 5 heteroatoms. The molecule has 0 saturated heterocycles. The highest BCUT2D eigenvalue weighted by atomic mass is 19.3. The molecule has 82 valence electrons. The van der Waals surface area contributed by atoms with Crippen LogP contribution in [0.3, 0.4) is 0 Å². The minimum Gasteiger partial charge on any atom is -0.464 e. The second-order valence-electron chi connectivity index (χ2n) is 3.08. The van der Waals surface area contributed by atoms with Gasteiger partial charge in [-0.15, -0.1) is 6.58 Å². The number of esters is 1. The molecule has 0 aromatic carbocycles. The summed E-state index contributed by atoms with van der Waals surface area (Å²) in [7, 11) is 0. The second kappa shape index (κ2) is 5.05. The lowest BCUT2D eigenvalue weighted by atomic mass is 9.96. The fraction of sp³-hybridized carbons (Fsp3) is 0.667. The van der Waals surface area contributed by atoms with Crippen LogP contribution in [-0.2, 0) is 9.53 Å². The first-order valence-electron chi connectivity index (χ1n) is 4.16. The lowest BCUT2D eigenvalue weighted by Crippen LogP contribution is -2.47. The van der Waals surface area contributed by atoms with Crippen molar-refractivity contribution in [2.24, 2.45) is 0 Å². The van der Waals surface area contributed by atoms with Gasteiger partial charge in [0.2, 0.25) is 5.60 Å². The quantitative estimate of drug-likeness (QED) is 0.550. The van der Waals surface area contributed by atoms with Gasteiger partial charge >= 0.3 is 5.97 Å². The van der Waals surface area contributed by atoms with Crippen LogP contribution in [0.1, 0.15) is 20.3 Å². The van der Waals surface area contributed by atoms with E-state index in [1.165, 1.54) is 13.8 Å². The van der Waals surface area contributed by atoms with E-state index in [1.807, 2.05) is 0 Å². The summed E-state index contributed by atoms with van der Waals surface area (Å²) in [5, 5.41) is 9.37. The minimum absolute atomic E-state index is 0.0515. The lowest BCUT2D eigenvalue weighted by molar-refractivity contribution is -0.182. The predicted octanol–water partition coefficient (Wildman–Crippen LogP) is 1.51. The third-order valence-electron chi connectivity index (χ3n) is 1.56. The summed E-state index contributed by atoms with van der Waals surface area (Å²) in [4.78, 5) is 11.0. The number of halogens is 2. The molecule has 0 bridgehead atoms. The Bertz CT molecular complexity index is 228. The van der Waals surface area contributed by atoms with Crippen molar-refractivity contribution in [3.8, 4) is 0 Å². The van der Waals surface area contributed by atoms with E-state index in [4.69, 9.17) is 0 Å². The van der Waals surface area contributed by atoms with Crippen LogP contribution in [0.25, 0.3) is 0 Å². The Balaban J connectivity index is 4.70. The van der Waals surface area contributed by atoms with Crippen LogP contribution in [-0.4, -0.2) is 29.7 Å². The van der Waals surface area contributed by atoms with Crippen molar-refractivity contribution in [1.82, 2.24) is 0 Å². The lowest BCUT2D eigenvalue weighted by Gasteiger charge is -2.24. The van der Waals surface area contributed by atoms with Crippen molar-refractivity contribution < 1.29 is 23.4 Å². The first kappa shape index (κ1) is 13.0. The molecule has 3 nitrogen and oxygen atoms in total. The standard InChI is InChI=1S/C9H14F2O3/c1-4-14-8(12)9(13,7(10)11)5-6(2)3/h7,13H,2,4-5H2,1,3H3/t9-/m0/s1. The Morgan fingerprint density at radius 1 is 1.64 bits per heavy atom. The molecule has 1 N–H and O–H groups in total. The van der Waals surface area contributed by atoms with Gasteiger partial charge in [0.15, 0.2) is 0 Å². The van der Waals surface area contributed by atoms with E-state index < -0.39 is 24.4 Å². The van der Waals surface area contributed by atoms with E-state index >= 15 is 0 Å². The maximum atomic E-state index is 12.4. The summed E-state index contributed by atoms with van der Waals surface area (Å²) in [6.07, 6.45) is -3.68. The number of alkyl halides is 2. The molecular formula is C9H14F2O3. The topological polar surface area (TPSA) is 46.5 Å². The zero-order valence-electron chi connectivity index (χ0n) is 8.22. The van der Waals surface area contributed by atoms with Gasteiger partial charge in [-0.3, -0.25) is 0 Å². The van der Waals surface area contributed by atoms with Crippen molar-refractivity contribution in [2.75, 3.05) is 6.61 Å². The summed E-state index contributed by atoms with van der Waals surface area (Å²) >= 11 is 0. The highest BCUT2D eigenvalue weighted by Gasteiger charge is 2.46. The van der Waals surface area contributed by atoms with Crippen molar-refractivity contribution >= 4 is 5.97 Å². The highest BCUT2D eigenvalue weighted by Crippen LogP contribution is 2.25. The van der Waals surface area contributed by atoms with Crippen molar-refractivity contribution in [2.45, 2.75) is 32.3 Å². The molecule has 1 atom stereocenters.